The number of imide groups is 1. The lowest BCUT2D eigenvalue weighted by Gasteiger charge is -2.18. The lowest BCUT2D eigenvalue weighted by atomic mass is 10.1. The van der Waals surface area contributed by atoms with Crippen molar-refractivity contribution in [3.05, 3.63) is 0 Å². The summed E-state index contributed by atoms with van der Waals surface area (Å²) in [5.74, 6) is 0.741. The van der Waals surface area contributed by atoms with Gasteiger partial charge in [-0.1, -0.05) is 28.5 Å². The molecule has 0 saturated heterocycles. The number of aliphatic hydroxyl groups is 1. The average Bonchev–Trinajstić information content (AvgIpc) is 2.77. The van der Waals surface area contributed by atoms with Crippen LogP contribution in [0.15, 0.2) is 0 Å². The van der Waals surface area contributed by atoms with Crippen LogP contribution < -0.4 is 31.9 Å². The quantitative estimate of drug-likeness (QED) is 0.103. The maximum Gasteiger partial charge on any atom is 0.322 e. The van der Waals surface area contributed by atoms with Crippen LogP contribution >= 0.6 is 21.6 Å². The van der Waals surface area contributed by atoms with Gasteiger partial charge < -0.3 is 31.7 Å². The molecule has 0 aliphatic rings. The van der Waals surface area contributed by atoms with Gasteiger partial charge in [0.15, 0.2) is 0 Å². The van der Waals surface area contributed by atoms with Crippen LogP contribution in [0.3, 0.4) is 0 Å². The molecule has 12 nitrogen and oxygen atoms in total. The van der Waals surface area contributed by atoms with Gasteiger partial charge in [0.2, 0.25) is 17.7 Å². The lowest BCUT2D eigenvalue weighted by Crippen LogP contribution is -2.47. The molecular weight excluding hydrogens is 472 g/mol. The van der Waals surface area contributed by atoms with E-state index in [-0.39, 0.29) is 37.3 Å². The number of hydrogen-bond donors (Lipinski definition) is 7. The molecule has 1 unspecified atom stereocenters. The van der Waals surface area contributed by atoms with Crippen molar-refractivity contribution in [3.8, 4) is 0 Å². The zero-order valence-electron chi connectivity index (χ0n) is 19.2. The van der Waals surface area contributed by atoms with E-state index in [9.17, 15) is 24.0 Å². The Morgan fingerprint density at radius 1 is 0.818 bits per heavy atom. The molecule has 0 aliphatic carbocycles. The molecule has 0 rings (SSSR count). The van der Waals surface area contributed by atoms with Crippen LogP contribution in [0.25, 0.3) is 0 Å². The van der Waals surface area contributed by atoms with Gasteiger partial charge in [0, 0.05) is 51.0 Å². The summed E-state index contributed by atoms with van der Waals surface area (Å²) in [7, 11) is 3.13. The Morgan fingerprint density at radius 2 is 1.42 bits per heavy atom. The molecule has 0 bridgehead atoms. The summed E-state index contributed by atoms with van der Waals surface area (Å²) in [5.41, 5.74) is 0. The van der Waals surface area contributed by atoms with E-state index in [0.29, 0.717) is 44.6 Å². The Balaban J connectivity index is 3.90. The summed E-state index contributed by atoms with van der Waals surface area (Å²) in [6.45, 7) is 4.34. The first-order chi connectivity index (χ1) is 15.8. The Morgan fingerprint density at radius 3 is 2.00 bits per heavy atom. The van der Waals surface area contributed by atoms with Crippen LogP contribution in [0.5, 0.6) is 0 Å². The Labute approximate surface area is 202 Å². The molecule has 0 spiro atoms. The second kappa shape index (κ2) is 20.4. The normalized spacial score (nSPS) is 11.1. The molecule has 7 N–H and O–H groups in total. The third kappa shape index (κ3) is 19.0. The number of rotatable bonds is 17. The summed E-state index contributed by atoms with van der Waals surface area (Å²) in [5, 5.41) is 24.0. The predicted octanol–water partition coefficient (Wildman–Crippen LogP) is -0.314. The van der Waals surface area contributed by atoms with E-state index in [1.807, 2.05) is 0 Å². The molecule has 0 saturated carbocycles. The van der Waals surface area contributed by atoms with Crippen molar-refractivity contribution in [2.75, 3.05) is 44.3 Å². The number of carbonyl (C=O) groups excluding carboxylic acids is 5. The molecule has 0 aromatic rings. The van der Waals surface area contributed by atoms with E-state index in [1.54, 1.807) is 28.5 Å². The molecule has 0 fully saturated rings. The second-order valence-corrected chi connectivity index (χ2v) is 9.45. The first-order valence-corrected chi connectivity index (χ1v) is 13.3. The minimum atomic E-state index is -0.704. The summed E-state index contributed by atoms with van der Waals surface area (Å²) in [4.78, 5) is 57.8. The highest BCUT2D eigenvalue weighted by Crippen LogP contribution is 2.19. The SMILES string of the molecule is CCC(=O)NC(CCCCNC(=O)NC(=O)NCCSSCCNC(C)=O)C(=O)NCCO. The molecule has 33 heavy (non-hydrogen) atoms. The maximum atomic E-state index is 12.1. The van der Waals surface area contributed by atoms with Crippen molar-refractivity contribution in [3.63, 3.8) is 0 Å². The van der Waals surface area contributed by atoms with Crippen molar-refractivity contribution in [1.82, 2.24) is 31.9 Å². The maximum absolute atomic E-state index is 12.1. The van der Waals surface area contributed by atoms with E-state index in [1.165, 1.54) is 6.92 Å². The molecule has 0 radical (unpaired) electrons. The minimum Gasteiger partial charge on any atom is -0.395 e. The van der Waals surface area contributed by atoms with Gasteiger partial charge in [-0.2, -0.15) is 0 Å². The fourth-order valence-corrected chi connectivity index (χ4v) is 4.14. The number of amides is 7. The van der Waals surface area contributed by atoms with Crippen molar-refractivity contribution < 1.29 is 29.1 Å². The molecule has 190 valence electrons. The van der Waals surface area contributed by atoms with E-state index >= 15 is 0 Å². The number of unbranched alkanes of at least 4 members (excludes halogenated alkanes) is 1. The fourth-order valence-electron chi connectivity index (χ4n) is 2.33. The van der Waals surface area contributed by atoms with Gasteiger partial charge in [-0.25, -0.2) is 9.59 Å². The van der Waals surface area contributed by atoms with Crippen LogP contribution in [-0.4, -0.2) is 85.2 Å². The first-order valence-electron chi connectivity index (χ1n) is 10.8. The third-order valence-corrected chi connectivity index (χ3v) is 6.34. The second-order valence-electron chi connectivity index (χ2n) is 6.75. The number of aliphatic hydroxyl groups excluding tert-OH is 1. The highest BCUT2D eigenvalue weighted by atomic mass is 33.1. The third-order valence-electron chi connectivity index (χ3n) is 3.93. The first kappa shape index (κ1) is 30.8. The monoisotopic (exact) mass is 508 g/mol. The summed E-state index contributed by atoms with van der Waals surface area (Å²) >= 11 is 0. The summed E-state index contributed by atoms with van der Waals surface area (Å²) < 4.78 is 0. The van der Waals surface area contributed by atoms with Crippen LogP contribution in [0.1, 0.15) is 39.5 Å². The number of nitrogens with one attached hydrogen (secondary N) is 6. The van der Waals surface area contributed by atoms with Gasteiger partial charge in [-0.15, -0.1) is 0 Å². The fraction of sp³-hybridized carbons (Fsp3) is 0.737. The van der Waals surface area contributed by atoms with E-state index < -0.39 is 18.1 Å². The number of hydrogen-bond acceptors (Lipinski definition) is 8. The van der Waals surface area contributed by atoms with Crippen molar-refractivity contribution in [1.29, 1.82) is 0 Å². The number of urea groups is 2. The Hall–Kier alpha value is -2.19. The van der Waals surface area contributed by atoms with Crippen LogP contribution in [-0.2, 0) is 14.4 Å². The summed E-state index contributed by atoms with van der Waals surface area (Å²) in [6, 6.07) is -1.93. The van der Waals surface area contributed by atoms with Gasteiger partial charge >= 0.3 is 12.1 Å². The average molecular weight is 509 g/mol. The molecular formula is C19H36N6O6S2. The van der Waals surface area contributed by atoms with Gasteiger partial charge in [0.25, 0.3) is 0 Å². The van der Waals surface area contributed by atoms with Crippen LogP contribution in [0.4, 0.5) is 9.59 Å². The van der Waals surface area contributed by atoms with Crippen LogP contribution in [0.2, 0.25) is 0 Å². The molecule has 0 heterocycles. The smallest absolute Gasteiger partial charge is 0.322 e. The standard InChI is InChI=1S/C19H36N6O6S2/c1-3-16(28)24-15(17(29)21-8-11-26)6-4-5-7-22-18(30)25-19(31)23-10-13-33-32-12-9-20-14(2)27/h15,26H,3-13H2,1-2H3,(H,20,27)(H,21,29)(H,24,28)(H3,22,23,25,30,31). The van der Waals surface area contributed by atoms with Crippen molar-refractivity contribution in [2.24, 2.45) is 0 Å². The van der Waals surface area contributed by atoms with E-state index in [2.05, 4.69) is 31.9 Å². The molecule has 14 heteroatoms. The largest absolute Gasteiger partial charge is 0.395 e. The van der Waals surface area contributed by atoms with E-state index in [0.717, 1.165) is 5.75 Å². The Kier molecular flexibility index (Phi) is 19.1. The van der Waals surface area contributed by atoms with Gasteiger partial charge in [0.1, 0.15) is 6.04 Å². The highest BCUT2D eigenvalue weighted by molar-refractivity contribution is 8.76. The van der Waals surface area contributed by atoms with Crippen LogP contribution in [0, 0.1) is 0 Å². The van der Waals surface area contributed by atoms with Gasteiger partial charge in [0.05, 0.1) is 6.61 Å². The zero-order chi connectivity index (χ0) is 24.9. The predicted molar refractivity (Wildman–Crippen MR) is 130 cm³/mol. The minimum absolute atomic E-state index is 0.0662. The van der Waals surface area contributed by atoms with Gasteiger partial charge in [-0.3, -0.25) is 19.7 Å². The number of carbonyl (C=O) groups is 5. The molecule has 0 aromatic heterocycles. The van der Waals surface area contributed by atoms with E-state index in [4.69, 9.17) is 5.11 Å². The van der Waals surface area contributed by atoms with Crippen molar-refractivity contribution >= 4 is 51.4 Å². The van der Waals surface area contributed by atoms with Gasteiger partial charge in [-0.05, 0) is 19.3 Å². The highest BCUT2D eigenvalue weighted by Gasteiger charge is 2.19. The molecule has 0 aromatic carbocycles. The lowest BCUT2D eigenvalue weighted by molar-refractivity contribution is -0.129. The molecule has 7 amide bonds. The Bertz CT molecular complexity index is 626. The summed E-state index contributed by atoms with van der Waals surface area (Å²) in [6.07, 6.45) is 1.74. The topological polar surface area (TPSA) is 178 Å². The molecule has 1 atom stereocenters. The zero-order valence-corrected chi connectivity index (χ0v) is 20.8. The van der Waals surface area contributed by atoms with Crippen molar-refractivity contribution in [2.45, 2.75) is 45.6 Å². The molecule has 0 aliphatic heterocycles.